The van der Waals surface area contributed by atoms with Crippen molar-refractivity contribution in [3.8, 4) is 0 Å². The van der Waals surface area contributed by atoms with Crippen molar-refractivity contribution in [3.63, 3.8) is 0 Å². The van der Waals surface area contributed by atoms with Crippen LogP contribution in [0, 0.1) is 6.92 Å². The van der Waals surface area contributed by atoms with Gasteiger partial charge in [-0.1, -0.05) is 31.5 Å². The standard InChI is InChI=1S/C16H20N2O2/c1-3-6-12(19)10-17-16(20)14-9-11(2)18-15-8-5-4-7-13(14)15/h4-5,7-9,12,19H,3,6,10H2,1-2H3,(H,17,20). The second-order valence-corrected chi connectivity index (χ2v) is 4.98. The van der Waals surface area contributed by atoms with Gasteiger partial charge in [0.15, 0.2) is 0 Å². The van der Waals surface area contributed by atoms with E-state index in [4.69, 9.17) is 0 Å². The predicted molar refractivity (Wildman–Crippen MR) is 79.7 cm³/mol. The molecule has 0 aliphatic carbocycles. The summed E-state index contributed by atoms with van der Waals surface area (Å²) in [4.78, 5) is 16.7. The molecule has 1 atom stereocenters. The summed E-state index contributed by atoms with van der Waals surface area (Å²) in [7, 11) is 0. The number of pyridine rings is 1. The predicted octanol–water partition coefficient (Wildman–Crippen LogP) is 2.43. The minimum Gasteiger partial charge on any atom is -0.391 e. The van der Waals surface area contributed by atoms with Gasteiger partial charge < -0.3 is 10.4 Å². The van der Waals surface area contributed by atoms with Gasteiger partial charge in [0.05, 0.1) is 17.2 Å². The average Bonchev–Trinajstić information content (AvgIpc) is 2.44. The van der Waals surface area contributed by atoms with E-state index in [1.807, 2.05) is 38.1 Å². The van der Waals surface area contributed by atoms with Gasteiger partial charge in [-0.15, -0.1) is 0 Å². The van der Waals surface area contributed by atoms with Crippen LogP contribution in [0.5, 0.6) is 0 Å². The maximum atomic E-state index is 12.3. The maximum Gasteiger partial charge on any atom is 0.252 e. The molecule has 2 rings (SSSR count). The lowest BCUT2D eigenvalue weighted by Gasteiger charge is -2.12. The number of benzene rings is 1. The van der Waals surface area contributed by atoms with Crippen LogP contribution in [0.15, 0.2) is 30.3 Å². The minimum absolute atomic E-state index is 0.165. The van der Waals surface area contributed by atoms with Gasteiger partial charge in [-0.2, -0.15) is 0 Å². The van der Waals surface area contributed by atoms with E-state index in [1.165, 1.54) is 0 Å². The largest absolute Gasteiger partial charge is 0.391 e. The number of nitrogens with one attached hydrogen (secondary N) is 1. The molecule has 106 valence electrons. The molecule has 20 heavy (non-hydrogen) atoms. The van der Waals surface area contributed by atoms with Crippen LogP contribution in [0.25, 0.3) is 10.9 Å². The molecule has 0 radical (unpaired) electrons. The molecule has 0 aliphatic heterocycles. The van der Waals surface area contributed by atoms with E-state index in [0.717, 1.165) is 23.0 Å². The van der Waals surface area contributed by atoms with E-state index >= 15 is 0 Å². The second-order valence-electron chi connectivity index (χ2n) is 4.98. The lowest BCUT2D eigenvalue weighted by Crippen LogP contribution is -2.32. The summed E-state index contributed by atoms with van der Waals surface area (Å²) in [5.41, 5.74) is 2.23. The fraction of sp³-hybridized carbons (Fsp3) is 0.375. The summed E-state index contributed by atoms with van der Waals surface area (Å²) in [6.45, 7) is 4.16. The van der Waals surface area contributed by atoms with Gasteiger partial charge in [0.2, 0.25) is 0 Å². The third-order valence-electron chi connectivity index (χ3n) is 3.21. The van der Waals surface area contributed by atoms with Crippen molar-refractivity contribution >= 4 is 16.8 Å². The molecule has 0 saturated heterocycles. The highest BCUT2D eigenvalue weighted by molar-refractivity contribution is 6.06. The second kappa shape index (κ2) is 6.48. The van der Waals surface area contributed by atoms with Crippen LogP contribution in [-0.4, -0.2) is 28.6 Å². The summed E-state index contributed by atoms with van der Waals surface area (Å²) in [6, 6.07) is 9.36. The molecule has 4 nitrogen and oxygen atoms in total. The summed E-state index contributed by atoms with van der Waals surface area (Å²) < 4.78 is 0. The molecule has 0 saturated carbocycles. The molecule has 0 bridgehead atoms. The van der Waals surface area contributed by atoms with Crippen LogP contribution in [0.4, 0.5) is 0 Å². The number of carbonyl (C=O) groups is 1. The Kier molecular flexibility index (Phi) is 4.69. The zero-order valence-electron chi connectivity index (χ0n) is 11.9. The Bertz CT molecular complexity index is 610. The molecule has 0 aliphatic rings. The first-order valence-electron chi connectivity index (χ1n) is 6.94. The number of fused-ring (bicyclic) bond motifs is 1. The number of amides is 1. The van der Waals surface area contributed by atoms with Gasteiger partial charge in [0.25, 0.3) is 5.91 Å². The van der Waals surface area contributed by atoms with Crippen LogP contribution in [0.1, 0.15) is 35.8 Å². The number of aliphatic hydroxyl groups excluding tert-OH is 1. The van der Waals surface area contributed by atoms with Gasteiger partial charge in [0, 0.05) is 17.6 Å². The topological polar surface area (TPSA) is 62.2 Å². The quantitative estimate of drug-likeness (QED) is 0.878. The highest BCUT2D eigenvalue weighted by Crippen LogP contribution is 2.18. The molecule has 4 heteroatoms. The molecule has 0 fully saturated rings. The number of aromatic nitrogens is 1. The molecule has 1 unspecified atom stereocenters. The van der Waals surface area contributed by atoms with E-state index in [9.17, 15) is 9.90 Å². The highest BCUT2D eigenvalue weighted by Gasteiger charge is 2.12. The first-order valence-corrected chi connectivity index (χ1v) is 6.94. The number of carbonyl (C=O) groups excluding carboxylic acids is 1. The monoisotopic (exact) mass is 272 g/mol. The molecular formula is C16H20N2O2. The van der Waals surface area contributed by atoms with Crippen LogP contribution in [0.2, 0.25) is 0 Å². The number of hydrogen-bond donors (Lipinski definition) is 2. The number of hydrogen-bond acceptors (Lipinski definition) is 3. The van der Waals surface area contributed by atoms with Crippen molar-refractivity contribution in [2.75, 3.05) is 6.54 Å². The average molecular weight is 272 g/mol. The van der Waals surface area contributed by atoms with E-state index in [2.05, 4.69) is 10.3 Å². The SMILES string of the molecule is CCCC(O)CNC(=O)c1cc(C)nc2ccccc12. The number of rotatable bonds is 5. The fourth-order valence-electron chi connectivity index (χ4n) is 2.24. The number of para-hydroxylation sites is 1. The Balaban J connectivity index is 2.21. The normalized spacial score (nSPS) is 12.3. The van der Waals surface area contributed by atoms with Crippen LogP contribution < -0.4 is 5.32 Å². The molecule has 0 spiro atoms. The molecule has 1 amide bonds. The van der Waals surface area contributed by atoms with Gasteiger partial charge >= 0.3 is 0 Å². The van der Waals surface area contributed by atoms with Crippen LogP contribution in [-0.2, 0) is 0 Å². The lowest BCUT2D eigenvalue weighted by atomic mass is 10.1. The molecule has 1 heterocycles. The molecule has 1 aromatic carbocycles. The molecular weight excluding hydrogens is 252 g/mol. The Hall–Kier alpha value is -1.94. The van der Waals surface area contributed by atoms with Gasteiger partial charge in [0.1, 0.15) is 0 Å². The first-order chi connectivity index (χ1) is 9.61. The van der Waals surface area contributed by atoms with Gasteiger partial charge in [-0.05, 0) is 25.5 Å². The van der Waals surface area contributed by atoms with E-state index in [0.29, 0.717) is 12.0 Å². The van der Waals surface area contributed by atoms with Crippen molar-refractivity contribution in [2.45, 2.75) is 32.8 Å². The van der Waals surface area contributed by atoms with E-state index in [-0.39, 0.29) is 12.5 Å². The van der Waals surface area contributed by atoms with Crippen LogP contribution >= 0.6 is 0 Å². The lowest BCUT2D eigenvalue weighted by molar-refractivity contribution is 0.0911. The number of aryl methyl sites for hydroxylation is 1. The molecule has 2 N–H and O–H groups in total. The minimum atomic E-state index is -0.488. The summed E-state index contributed by atoms with van der Waals surface area (Å²) in [6.07, 6.45) is 1.10. The van der Waals surface area contributed by atoms with Crippen LogP contribution in [0.3, 0.4) is 0 Å². The van der Waals surface area contributed by atoms with E-state index in [1.54, 1.807) is 6.07 Å². The van der Waals surface area contributed by atoms with Crippen molar-refractivity contribution in [1.29, 1.82) is 0 Å². The summed E-state index contributed by atoms with van der Waals surface area (Å²) >= 11 is 0. The third kappa shape index (κ3) is 3.33. The maximum absolute atomic E-state index is 12.3. The highest BCUT2D eigenvalue weighted by atomic mass is 16.3. The van der Waals surface area contributed by atoms with Crippen molar-refractivity contribution < 1.29 is 9.90 Å². The van der Waals surface area contributed by atoms with Crippen molar-refractivity contribution in [2.24, 2.45) is 0 Å². The first kappa shape index (κ1) is 14.5. The van der Waals surface area contributed by atoms with Crippen molar-refractivity contribution in [3.05, 3.63) is 41.6 Å². The molecule has 1 aromatic heterocycles. The third-order valence-corrected chi connectivity index (χ3v) is 3.21. The Morgan fingerprint density at radius 1 is 1.40 bits per heavy atom. The Morgan fingerprint density at radius 2 is 2.15 bits per heavy atom. The summed E-state index contributed by atoms with van der Waals surface area (Å²) in [5, 5.41) is 13.3. The zero-order valence-corrected chi connectivity index (χ0v) is 11.9. The zero-order chi connectivity index (χ0) is 14.5. The number of aliphatic hydroxyl groups is 1. The van der Waals surface area contributed by atoms with Gasteiger partial charge in [-0.3, -0.25) is 9.78 Å². The van der Waals surface area contributed by atoms with Crippen molar-refractivity contribution in [1.82, 2.24) is 10.3 Å². The summed E-state index contributed by atoms with van der Waals surface area (Å²) in [5.74, 6) is -0.165. The van der Waals surface area contributed by atoms with Gasteiger partial charge in [-0.25, -0.2) is 0 Å². The Labute approximate surface area is 118 Å². The molecule has 2 aromatic rings. The smallest absolute Gasteiger partial charge is 0.252 e. The Morgan fingerprint density at radius 3 is 2.90 bits per heavy atom. The fourth-order valence-corrected chi connectivity index (χ4v) is 2.24. The van der Waals surface area contributed by atoms with E-state index < -0.39 is 6.10 Å². The number of nitrogens with zero attached hydrogens (tertiary/aromatic N) is 1.